The van der Waals surface area contributed by atoms with E-state index in [0.717, 1.165) is 11.1 Å². The molecule has 1 amide bonds. The van der Waals surface area contributed by atoms with Crippen molar-refractivity contribution in [2.75, 3.05) is 19.5 Å². The maximum atomic E-state index is 13.2. The number of hydrogen-bond acceptors (Lipinski definition) is 6. The zero-order valence-electron chi connectivity index (χ0n) is 14.6. The smallest absolute Gasteiger partial charge is 0.263 e. The Morgan fingerprint density at radius 1 is 1.37 bits per heavy atom. The van der Waals surface area contributed by atoms with Crippen LogP contribution in [-0.4, -0.2) is 34.9 Å². The number of nitrogens with two attached hydrogens (primary N) is 1. The lowest BCUT2D eigenvalue weighted by Gasteiger charge is -2.12. The van der Waals surface area contributed by atoms with Crippen molar-refractivity contribution in [2.24, 2.45) is 5.73 Å². The number of fused-ring (bicyclic) bond motifs is 1. The van der Waals surface area contributed by atoms with Crippen molar-refractivity contribution < 1.29 is 13.9 Å². The summed E-state index contributed by atoms with van der Waals surface area (Å²) in [6, 6.07) is 6.02. The van der Waals surface area contributed by atoms with Crippen molar-refractivity contribution in [1.82, 2.24) is 9.55 Å². The van der Waals surface area contributed by atoms with Crippen molar-refractivity contribution >= 4 is 39.2 Å². The number of carbonyl (C=O) groups excluding carboxylic acids is 1. The fraction of sp³-hybridized carbons (Fsp3) is 0.278. The first kappa shape index (κ1) is 19.5. The molecule has 9 heteroatoms. The van der Waals surface area contributed by atoms with E-state index in [1.54, 1.807) is 23.8 Å². The molecule has 3 rings (SSSR count). The summed E-state index contributed by atoms with van der Waals surface area (Å²) >= 11 is 2.67. The number of methoxy groups -OCH3 is 1. The molecule has 0 unspecified atom stereocenters. The van der Waals surface area contributed by atoms with Gasteiger partial charge < -0.3 is 10.5 Å². The summed E-state index contributed by atoms with van der Waals surface area (Å²) in [5.74, 6) is -0.289. The van der Waals surface area contributed by atoms with Gasteiger partial charge in [0.2, 0.25) is 5.91 Å². The summed E-state index contributed by atoms with van der Waals surface area (Å²) in [4.78, 5) is 29.4. The zero-order chi connectivity index (χ0) is 19.4. The highest BCUT2D eigenvalue weighted by atomic mass is 32.2. The van der Waals surface area contributed by atoms with Crippen LogP contribution in [0.3, 0.4) is 0 Å². The predicted molar refractivity (Wildman–Crippen MR) is 106 cm³/mol. The number of halogens is 1. The van der Waals surface area contributed by atoms with Crippen LogP contribution in [0.25, 0.3) is 21.3 Å². The minimum Gasteiger partial charge on any atom is -0.383 e. The third-order valence-electron chi connectivity index (χ3n) is 3.91. The molecule has 1 aromatic carbocycles. The SMILES string of the molecule is COCCn1c(SCCC(N)=O)nc2scc(-c3ccc(F)cc3)c2c1=O. The van der Waals surface area contributed by atoms with Gasteiger partial charge in [-0.05, 0) is 17.7 Å². The fourth-order valence-electron chi connectivity index (χ4n) is 2.58. The van der Waals surface area contributed by atoms with Crippen LogP contribution in [0.2, 0.25) is 0 Å². The summed E-state index contributed by atoms with van der Waals surface area (Å²) in [5, 5.41) is 2.88. The predicted octanol–water partition coefficient (Wildman–Crippen LogP) is 2.88. The number of thioether (sulfide) groups is 1. The van der Waals surface area contributed by atoms with Gasteiger partial charge in [-0.15, -0.1) is 11.3 Å². The molecular weight excluding hydrogens is 389 g/mol. The molecule has 0 radical (unpaired) electrons. The molecule has 0 saturated heterocycles. The van der Waals surface area contributed by atoms with Gasteiger partial charge in [0.05, 0.1) is 18.5 Å². The molecule has 2 heterocycles. The van der Waals surface area contributed by atoms with Crippen molar-refractivity contribution in [3.05, 3.63) is 45.8 Å². The second-order valence-corrected chi connectivity index (χ2v) is 7.67. The van der Waals surface area contributed by atoms with Crippen LogP contribution < -0.4 is 11.3 Å². The van der Waals surface area contributed by atoms with Crippen LogP contribution in [0.4, 0.5) is 4.39 Å². The zero-order valence-corrected chi connectivity index (χ0v) is 16.2. The molecule has 0 aliphatic rings. The van der Waals surface area contributed by atoms with Crippen LogP contribution in [0.15, 0.2) is 39.6 Å². The average Bonchev–Trinajstić information content (AvgIpc) is 3.06. The first-order valence-corrected chi connectivity index (χ1v) is 10.1. The Labute approximate surface area is 163 Å². The van der Waals surface area contributed by atoms with E-state index in [1.165, 1.54) is 35.2 Å². The maximum Gasteiger partial charge on any atom is 0.263 e. The van der Waals surface area contributed by atoms with Crippen LogP contribution in [0, 0.1) is 5.82 Å². The molecule has 142 valence electrons. The van der Waals surface area contributed by atoms with Crippen LogP contribution >= 0.6 is 23.1 Å². The fourth-order valence-corrected chi connectivity index (χ4v) is 4.55. The maximum absolute atomic E-state index is 13.2. The number of amides is 1. The number of ether oxygens (including phenoxy) is 1. The van der Waals surface area contributed by atoms with E-state index in [-0.39, 0.29) is 17.8 Å². The molecule has 3 aromatic rings. The monoisotopic (exact) mass is 407 g/mol. The molecule has 2 N–H and O–H groups in total. The summed E-state index contributed by atoms with van der Waals surface area (Å²) in [6.07, 6.45) is 0.203. The average molecular weight is 407 g/mol. The lowest BCUT2D eigenvalue weighted by atomic mass is 10.1. The molecule has 0 atom stereocenters. The van der Waals surface area contributed by atoms with Gasteiger partial charge in [0.1, 0.15) is 10.6 Å². The standard InChI is InChI=1S/C18H18FN3O3S2/c1-25-8-7-22-17(24)15-13(11-2-4-12(19)5-3-11)10-27-16(15)21-18(22)26-9-6-14(20)23/h2-5,10H,6-9H2,1H3,(H2,20,23). The lowest BCUT2D eigenvalue weighted by Crippen LogP contribution is -2.25. The molecule has 0 saturated carbocycles. The number of hydrogen-bond donors (Lipinski definition) is 1. The highest BCUT2D eigenvalue weighted by Crippen LogP contribution is 2.32. The third-order valence-corrected chi connectivity index (χ3v) is 5.76. The Bertz CT molecular complexity index is 1020. The van der Waals surface area contributed by atoms with Gasteiger partial charge in [-0.25, -0.2) is 9.37 Å². The topological polar surface area (TPSA) is 87.2 Å². The molecule has 0 aliphatic heterocycles. The van der Waals surface area contributed by atoms with Crippen LogP contribution in [0.5, 0.6) is 0 Å². The van der Waals surface area contributed by atoms with Crippen LogP contribution in [0.1, 0.15) is 6.42 Å². The second-order valence-electron chi connectivity index (χ2n) is 5.75. The number of carbonyl (C=O) groups is 1. The normalized spacial score (nSPS) is 11.2. The minimum atomic E-state index is -0.399. The van der Waals surface area contributed by atoms with E-state index >= 15 is 0 Å². The first-order chi connectivity index (χ1) is 13.0. The number of thiophene rings is 1. The molecule has 0 spiro atoms. The molecule has 27 heavy (non-hydrogen) atoms. The van der Waals surface area contributed by atoms with E-state index in [1.807, 2.05) is 5.38 Å². The van der Waals surface area contributed by atoms with Gasteiger partial charge in [-0.2, -0.15) is 0 Å². The van der Waals surface area contributed by atoms with Crippen molar-refractivity contribution in [3.63, 3.8) is 0 Å². The van der Waals surface area contributed by atoms with E-state index in [2.05, 4.69) is 4.98 Å². The summed E-state index contributed by atoms with van der Waals surface area (Å²) in [6.45, 7) is 0.697. The Morgan fingerprint density at radius 2 is 2.11 bits per heavy atom. The summed E-state index contributed by atoms with van der Waals surface area (Å²) in [5.41, 5.74) is 6.49. The molecule has 0 fully saturated rings. The van der Waals surface area contributed by atoms with E-state index in [0.29, 0.717) is 34.3 Å². The van der Waals surface area contributed by atoms with E-state index in [4.69, 9.17) is 10.5 Å². The van der Waals surface area contributed by atoms with E-state index in [9.17, 15) is 14.0 Å². The molecule has 2 aromatic heterocycles. The van der Waals surface area contributed by atoms with Gasteiger partial charge in [0.25, 0.3) is 5.56 Å². The Kier molecular flexibility index (Phi) is 6.25. The largest absolute Gasteiger partial charge is 0.383 e. The third kappa shape index (κ3) is 4.37. The van der Waals surface area contributed by atoms with Gasteiger partial charge >= 0.3 is 0 Å². The summed E-state index contributed by atoms with van der Waals surface area (Å²) < 4.78 is 19.9. The number of aromatic nitrogens is 2. The highest BCUT2D eigenvalue weighted by Gasteiger charge is 2.17. The van der Waals surface area contributed by atoms with Crippen molar-refractivity contribution in [3.8, 4) is 11.1 Å². The van der Waals surface area contributed by atoms with E-state index < -0.39 is 5.91 Å². The Balaban J connectivity index is 2.08. The number of rotatable bonds is 8. The molecular formula is C18H18FN3O3S2. The quantitative estimate of drug-likeness (QED) is 0.458. The number of benzene rings is 1. The van der Waals surface area contributed by atoms with Gasteiger partial charge in [-0.3, -0.25) is 14.2 Å². The highest BCUT2D eigenvalue weighted by molar-refractivity contribution is 7.99. The van der Waals surface area contributed by atoms with Gasteiger partial charge in [-0.1, -0.05) is 23.9 Å². The van der Waals surface area contributed by atoms with Crippen molar-refractivity contribution in [2.45, 2.75) is 18.1 Å². The Morgan fingerprint density at radius 3 is 2.78 bits per heavy atom. The number of primary amides is 1. The molecule has 0 bridgehead atoms. The summed E-state index contributed by atoms with van der Waals surface area (Å²) in [7, 11) is 1.56. The lowest BCUT2D eigenvalue weighted by molar-refractivity contribution is -0.117. The second kappa shape index (κ2) is 8.64. The number of nitrogens with zero attached hydrogens (tertiary/aromatic N) is 2. The molecule has 0 aliphatic carbocycles. The van der Waals surface area contributed by atoms with Gasteiger partial charge in [0, 0.05) is 30.2 Å². The van der Waals surface area contributed by atoms with Crippen LogP contribution in [-0.2, 0) is 16.1 Å². The Hall–Kier alpha value is -2.23. The van der Waals surface area contributed by atoms with Gasteiger partial charge in [0.15, 0.2) is 5.16 Å². The molecule has 6 nitrogen and oxygen atoms in total. The first-order valence-electron chi connectivity index (χ1n) is 8.19. The minimum absolute atomic E-state index is 0.181. The van der Waals surface area contributed by atoms with Crippen molar-refractivity contribution in [1.29, 1.82) is 0 Å².